The second-order valence-electron chi connectivity index (χ2n) is 4.57. The van der Waals surface area contributed by atoms with E-state index in [0.29, 0.717) is 12.1 Å². The van der Waals surface area contributed by atoms with Crippen LogP contribution >= 0.6 is 0 Å². The van der Waals surface area contributed by atoms with Gasteiger partial charge >= 0.3 is 0 Å². The molecule has 0 spiro atoms. The SMILES string of the molecule is CC1CC(c2cn(C)c3ccccc23)N1. The fourth-order valence-electron chi connectivity index (χ4n) is 2.54. The molecule has 1 saturated heterocycles. The van der Waals surface area contributed by atoms with Crippen molar-refractivity contribution in [3.8, 4) is 0 Å². The normalized spacial score (nSPS) is 25.5. The zero-order chi connectivity index (χ0) is 10.4. The quantitative estimate of drug-likeness (QED) is 0.748. The van der Waals surface area contributed by atoms with Crippen LogP contribution in [0.5, 0.6) is 0 Å². The van der Waals surface area contributed by atoms with Gasteiger partial charge in [-0.3, -0.25) is 0 Å². The summed E-state index contributed by atoms with van der Waals surface area (Å²) >= 11 is 0. The third-order valence-corrected chi connectivity index (χ3v) is 3.38. The number of nitrogens with one attached hydrogen (secondary N) is 1. The Balaban J connectivity index is 2.11. The Bertz CT molecular complexity index is 492. The molecular weight excluding hydrogens is 184 g/mol. The lowest BCUT2D eigenvalue weighted by Gasteiger charge is -2.34. The fourth-order valence-corrected chi connectivity index (χ4v) is 2.54. The van der Waals surface area contributed by atoms with Gasteiger partial charge < -0.3 is 9.88 Å². The number of aromatic nitrogens is 1. The van der Waals surface area contributed by atoms with E-state index in [1.165, 1.54) is 22.9 Å². The van der Waals surface area contributed by atoms with Crippen LogP contribution in [0.4, 0.5) is 0 Å². The largest absolute Gasteiger partial charge is 0.350 e. The molecule has 2 aromatic rings. The third-order valence-electron chi connectivity index (χ3n) is 3.38. The van der Waals surface area contributed by atoms with E-state index in [9.17, 15) is 0 Å². The van der Waals surface area contributed by atoms with Crippen molar-refractivity contribution in [3.63, 3.8) is 0 Å². The Morgan fingerprint density at radius 3 is 2.80 bits per heavy atom. The number of fused-ring (bicyclic) bond motifs is 1. The molecule has 15 heavy (non-hydrogen) atoms. The van der Waals surface area contributed by atoms with E-state index in [0.717, 1.165) is 0 Å². The topological polar surface area (TPSA) is 17.0 Å². The van der Waals surface area contributed by atoms with E-state index in [2.05, 4.69) is 54.3 Å². The maximum absolute atomic E-state index is 3.55. The minimum atomic E-state index is 0.561. The minimum Gasteiger partial charge on any atom is -0.350 e. The highest BCUT2D eigenvalue weighted by molar-refractivity contribution is 5.84. The first-order chi connectivity index (χ1) is 7.25. The lowest BCUT2D eigenvalue weighted by molar-refractivity contribution is 0.289. The van der Waals surface area contributed by atoms with Crippen molar-refractivity contribution >= 4 is 10.9 Å². The maximum Gasteiger partial charge on any atom is 0.0481 e. The number of hydrogen-bond acceptors (Lipinski definition) is 1. The number of aryl methyl sites for hydroxylation is 1. The molecule has 1 aliphatic rings. The van der Waals surface area contributed by atoms with Gasteiger partial charge in [-0.1, -0.05) is 18.2 Å². The zero-order valence-electron chi connectivity index (χ0n) is 9.20. The average Bonchev–Trinajstić information content (AvgIpc) is 2.52. The van der Waals surface area contributed by atoms with Crippen molar-refractivity contribution in [2.45, 2.75) is 25.4 Å². The summed E-state index contributed by atoms with van der Waals surface area (Å²) in [5, 5.41) is 4.94. The molecule has 0 saturated carbocycles. The first-order valence-corrected chi connectivity index (χ1v) is 5.55. The highest BCUT2D eigenvalue weighted by Crippen LogP contribution is 2.33. The Morgan fingerprint density at radius 2 is 2.07 bits per heavy atom. The molecule has 2 heterocycles. The van der Waals surface area contributed by atoms with Gasteiger partial charge in [0.2, 0.25) is 0 Å². The van der Waals surface area contributed by atoms with Crippen LogP contribution in [0.25, 0.3) is 10.9 Å². The Morgan fingerprint density at radius 1 is 1.33 bits per heavy atom. The van der Waals surface area contributed by atoms with E-state index >= 15 is 0 Å². The van der Waals surface area contributed by atoms with E-state index in [4.69, 9.17) is 0 Å². The van der Waals surface area contributed by atoms with Crippen molar-refractivity contribution in [3.05, 3.63) is 36.0 Å². The summed E-state index contributed by atoms with van der Waals surface area (Å²) in [4.78, 5) is 0. The minimum absolute atomic E-state index is 0.561. The van der Waals surface area contributed by atoms with Gasteiger partial charge in [-0.2, -0.15) is 0 Å². The second-order valence-corrected chi connectivity index (χ2v) is 4.57. The van der Waals surface area contributed by atoms with Gasteiger partial charge in [0.15, 0.2) is 0 Å². The summed E-state index contributed by atoms with van der Waals surface area (Å²) in [6.07, 6.45) is 3.52. The number of rotatable bonds is 1. The first-order valence-electron chi connectivity index (χ1n) is 5.55. The summed E-state index contributed by atoms with van der Waals surface area (Å²) in [7, 11) is 2.12. The van der Waals surface area contributed by atoms with Crippen LogP contribution in [-0.4, -0.2) is 10.6 Å². The molecule has 2 unspecified atom stereocenters. The van der Waals surface area contributed by atoms with Gasteiger partial charge in [0.25, 0.3) is 0 Å². The monoisotopic (exact) mass is 200 g/mol. The standard InChI is InChI=1S/C13H16N2/c1-9-7-12(14-9)11-8-15(2)13-6-4-3-5-10(11)13/h3-6,8-9,12,14H,7H2,1-2H3. The molecule has 1 aromatic heterocycles. The summed E-state index contributed by atoms with van der Waals surface area (Å²) in [5.74, 6) is 0. The van der Waals surface area contributed by atoms with Crippen LogP contribution in [0.1, 0.15) is 24.9 Å². The molecular formula is C13H16N2. The number of hydrogen-bond donors (Lipinski definition) is 1. The molecule has 2 heteroatoms. The van der Waals surface area contributed by atoms with Gasteiger partial charge in [0.05, 0.1) is 0 Å². The van der Waals surface area contributed by atoms with Crippen molar-refractivity contribution in [1.29, 1.82) is 0 Å². The molecule has 0 radical (unpaired) electrons. The number of benzene rings is 1. The smallest absolute Gasteiger partial charge is 0.0481 e. The van der Waals surface area contributed by atoms with Gasteiger partial charge in [-0.25, -0.2) is 0 Å². The van der Waals surface area contributed by atoms with E-state index < -0.39 is 0 Å². The molecule has 0 bridgehead atoms. The predicted molar refractivity (Wildman–Crippen MR) is 62.9 cm³/mol. The summed E-state index contributed by atoms with van der Waals surface area (Å²) in [6, 6.07) is 9.85. The molecule has 0 amide bonds. The summed E-state index contributed by atoms with van der Waals surface area (Å²) < 4.78 is 2.22. The predicted octanol–water partition coefficient (Wildman–Crippen LogP) is 2.60. The van der Waals surface area contributed by atoms with Gasteiger partial charge in [0, 0.05) is 36.2 Å². The summed E-state index contributed by atoms with van der Waals surface area (Å²) in [5.41, 5.74) is 2.78. The zero-order valence-corrected chi connectivity index (χ0v) is 9.20. The molecule has 1 aromatic carbocycles. The summed E-state index contributed by atoms with van der Waals surface area (Å²) in [6.45, 7) is 2.24. The molecule has 1 fully saturated rings. The molecule has 1 aliphatic heterocycles. The average molecular weight is 200 g/mol. The molecule has 3 rings (SSSR count). The van der Waals surface area contributed by atoms with E-state index in [1.54, 1.807) is 0 Å². The van der Waals surface area contributed by atoms with Gasteiger partial charge in [-0.05, 0) is 25.0 Å². The second kappa shape index (κ2) is 3.11. The van der Waals surface area contributed by atoms with Crippen LogP contribution in [0.2, 0.25) is 0 Å². The van der Waals surface area contributed by atoms with Crippen molar-refractivity contribution in [2.24, 2.45) is 7.05 Å². The highest BCUT2D eigenvalue weighted by Gasteiger charge is 2.27. The Hall–Kier alpha value is -1.28. The Labute approximate surface area is 89.9 Å². The van der Waals surface area contributed by atoms with Gasteiger partial charge in [0.1, 0.15) is 0 Å². The van der Waals surface area contributed by atoms with Crippen molar-refractivity contribution in [2.75, 3.05) is 0 Å². The van der Waals surface area contributed by atoms with Crippen LogP contribution in [0.3, 0.4) is 0 Å². The molecule has 1 N–H and O–H groups in total. The Kier molecular flexibility index (Phi) is 1.86. The van der Waals surface area contributed by atoms with E-state index in [1.807, 2.05) is 0 Å². The highest BCUT2D eigenvalue weighted by atomic mass is 15.0. The van der Waals surface area contributed by atoms with Gasteiger partial charge in [-0.15, -0.1) is 0 Å². The van der Waals surface area contributed by atoms with Crippen LogP contribution < -0.4 is 5.32 Å². The molecule has 78 valence electrons. The maximum atomic E-state index is 3.55. The molecule has 2 nitrogen and oxygen atoms in total. The third kappa shape index (κ3) is 1.29. The van der Waals surface area contributed by atoms with Crippen LogP contribution in [0.15, 0.2) is 30.5 Å². The van der Waals surface area contributed by atoms with Crippen molar-refractivity contribution < 1.29 is 0 Å². The molecule has 2 atom stereocenters. The van der Waals surface area contributed by atoms with E-state index in [-0.39, 0.29) is 0 Å². The fraction of sp³-hybridized carbons (Fsp3) is 0.385. The van der Waals surface area contributed by atoms with Crippen LogP contribution in [0, 0.1) is 0 Å². The molecule has 0 aliphatic carbocycles. The lowest BCUT2D eigenvalue weighted by atomic mass is 9.92. The lowest BCUT2D eigenvalue weighted by Crippen LogP contribution is -2.43. The van der Waals surface area contributed by atoms with Crippen LogP contribution in [-0.2, 0) is 7.05 Å². The number of nitrogens with zero attached hydrogens (tertiary/aromatic N) is 1. The van der Waals surface area contributed by atoms with Crippen molar-refractivity contribution in [1.82, 2.24) is 9.88 Å². The first kappa shape index (κ1) is 8.98. The number of para-hydroxylation sites is 1.